The first-order valence-electron chi connectivity index (χ1n) is 10.4. The molecule has 0 N–H and O–H groups in total. The van der Waals surface area contributed by atoms with Crippen molar-refractivity contribution in [3.05, 3.63) is 29.3 Å². The minimum atomic E-state index is -0.542. The summed E-state index contributed by atoms with van der Waals surface area (Å²) >= 11 is 0. The van der Waals surface area contributed by atoms with Crippen molar-refractivity contribution in [2.75, 3.05) is 45.7 Å². The minimum Gasteiger partial charge on any atom is -0.469 e. The van der Waals surface area contributed by atoms with E-state index in [0.29, 0.717) is 25.9 Å². The van der Waals surface area contributed by atoms with Crippen LogP contribution in [0.25, 0.3) is 0 Å². The number of nitrogens with zero attached hydrogens (tertiary/aromatic N) is 3. The van der Waals surface area contributed by atoms with Gasteiger partial charge in [-0.15, -0.1) is 0 Å². The van der Waals surface area contributed by atoms with Crippen LogP contribution in [0.1, 0.15) is 41.6 Å². The van der Waals surface area contributed by atoms with Crippen molar-refractivity contribution in [2.24, 2.45) is 5.92 Å². The Bertz CT molecular complexity index is 844. The van der Waals surface area contributed by atoms with Crippen molar-refractivity contribution in [1.29, 1.82) is 0 Å². The number of carbonyl (C=O) groups is 3. The molecule has 7 heteroatoms. The molecule has 2 fully saturated rings. The molecule has 2 amide bonds. The van der Waals surface area contributed by atoms with Crippen LogP contribution >= 0.6 is 0 Å². The lowest BCUT2D eigenvalue weighted by atomic mass is 9.77. The molecule has 0 saturated carbocycles. The number of piperidine rings is 1. The first-order valence-corrected chi connectivity index (χ1v) is 10.4. The van der Waals surface area contributed by atoms with Gasteiger partial charge < -0.3 is 19.4 Å². The molecule has 1 aromatic carbocycles. The average Bonchev–Trinajstić information content (AvgIpc) is 2.98. The summed E-state index contributed by atoms with van der Waals surface area (Å²) in [5.74, 6) is -0.792. The molecule has 3 heterocycles. The van der Waals surface area contributed by atoms with Gasteiger partial charge in [0, 0.05) is 51.4 Å². The molecule has 156 valence electrons. The zero-order chi connectivity index (χ0) is 20.8. The molecular formula is C22H29N3O4. The predicted molar refractivity (Wildman–Crippen MR) is 109 cm³/mol. The van der Waals surface area contributed by atoms with Crippen LogP contribution < -0.4 is 4.90 Å². The maximum atomic E-state index is 13.1. The molecule has 1 atom stereocenters. The number of rotatable bonds is 2. The van der Waals surface area contributed by atoms with Gasteiger partial charge in [0.05, 0.1) is 18.6 Å². The first kappa shape index (κ1) is 19.7. The van der Waals surface area contributed by atoms with Crippen molar-refractivity contribution >= 4 is 23.5 Å². The maximum Gasteiger partial charge on any atom is 0.311 e. The zero-order valence-electron chi connectivity index (χ0n) is 17.4. The molecule has 29 heavy (non-hydrogen) atoms. The molecule has 1 unspecified atom stereocenters. The number of esters is 1. The first-order chi connectivity index (χ1) is 13.9. The standard InChI is InChI=1S/C22H29N3O4/c1-23-10-4-5-15-13-16(6-7-18(15)23)20(27)25-11-8-22(9-12-25)17(21(28)29-3)14-19(26)24(22)2/h6-7,13,17H,4-5,8-12,14H2,1-3H3. The third-order valence-electron chi connectivity index (χ3n) is 7.15. The van der Waals surface area contributed by atoms with E-state index in [1.807, 2.05) is 23.1 Å². The van der Waals surface area contributed by atoms with E-state index in [-0.39, 0.29) is 24.2 Å². The number of hydrogen-bond acceptors (Lipinski definition) is 5. The second-order valence-corrected chi connectivity index (χ2v) is 8.50. The van der Waals surface area contributed by atoms with Crippen LogP contribution in [-0.2, 0) is 20.7 Å². The van der Waals surface area contributed by atoms with E-state index in [1.54, 1.807) is 11.9 Å². The quantitative estimate of drug-likeness (QED) is 0.708. The largest absolute Gasteiger partial charge is 0.469 e. The fourth-order valence-electron chi connectivity index (χ4n) is 5.31. The molecule has 1 aromatic rings. The van der Waals surface area contributed by atoms with Crippen LogP contribution in [0.5, 0.6) is 0 Å². The lowest BCUT2D eigenvalue weighted by Crippen LogP contribution is -2.57. The fraction of sp³-hybridized carbons (Fsp3) is 0.591. The zero-order valence-corrected chi connectivity index (χ0v) is 17.4. The van der Waals surface area contributed by atoms with Crippen LogP contribution in [0, 0.1) is 5.92 Å². The Morgan fingerprint density at radius 3 is 2.55 bits per heavy atom. The summed E-state index contributed by atoms with van der Waals surface area (Å²) in [6.45, 7) is 2.10. The van der Waals surface area contributed by atoms with Gasteiger partial charge in [-0.25, -0.2) is 0 Å². The smallest absolute Gasteiger partial charge is 0.311 e. The van der Waals surface area contributed by atoms with Gasteiger partial charge in [0.25, 0.3) is 5.91 Å². The Balaban J connectivity index is 1.50. The van der Waals surface area contributed by atoms with Crippen LogP contribution in [0.2, 0.25) is 0 Å². The molecule has 4 rings (SSSR count). The Labute approximate surface area is 171 Å². The number of amides is 2. The number of carbonyl (C=O) groups excluding carboxylic acids is 3. The number of hydrogen-bond donors (Lipinski definition) is 0. The van der Waals surface area contributed by atoms with E-state index >= 15 is 0 Å². The SMILES string of the molecule is COC(=O)C1CC(=O)N(C)C12CCN(C(=O)c1ccc3c(c1)CCCN3C)CC2. The monoisotopic (exact) mass is 399 g/mol. The predicted octanol–water partition coefficient (Wildman–Crippen LogP) is 1.70. The molecular weight excluding hydrogens is 370 g/mol. The summed E-state index contributed by atoms with van der Waals surface area (Å²) in [6.07, 6.45) is 3.47. The number of likely N-dealkylation sites (tertiary alicyclic amines) is 2. The summed E-state index contributed by atoms with van der Waals surface area (Å²) in [5, 5.41) is 0. The number of methoxy groups -OCH3 is 1. The third kappa shape index (κ3) is 3.16. The normalized spacial score (nSPS) is 23.3. The summed E-state index contributed by atoms with van der Waals surface area (Å²) in [4.78, 5) is 43.5. The Kier molecular flexibility index (Phi) is 5.00. The van der Waals surface area contributed by atoms with E-state index in [4.69, 9.17) is 4.74 Å². The summed E-state index contributed by atoms with van der Waals surface area (Å²) < 4.78 is 4.96. The summed E-state index contributed by atoms with van der Waals surface area (Å²) in [7, 11) is 5.22. The third-order valence-corrected chi connectivity index (χ3v) is 7.15. The van der Waals surface area contributed by atoms with Gasteiger partial charge in [0.2, 0.25) is 5.91 Å². The Hall–Kier alpha value is -2.57. The van der Waals surface area contributed by atoms with Gasteiger partial charge in [-0.2, -0.15) is 0 Å². The van der Waals surface area contributed by atoms with Gasteiger partial charge in [-0.3, -0.25) is 14.4 Å². The van der Waals surface area contributed by atoms with E-state index in [9.17, 15) is 14.4 Å². The summed E-state index contributed by atoms with van der Waals surface area (Å²) in [5.41, 5.74) is 2.61. The van der Waals surface area contributed by atoms with E-state index in [1.165, 1.54) is 18.4 Å². The highest BCUT2D eigenvalue weighted by atomic mass is 16.5. The molecule has 3 aliphatic heterocycles. The van der Waals surface area contributed by atoms with Crippen molar-refractivity contribution in [2.45, 2.75) is 37.6 Å². The number of anilines is 1. The van der Waals surface area contributed by atoms with Crippen LogP contribution in [-0.4, -0.2) is 74.0 Å². The second kappa shape index (κ2) is 7.35. The fourth-order valence-corrected chi connectivity index (χ4v) is 5.31. The van der Waals surface area contributed by atoms with Crippen LogP contribution in [0.4, 0.5) is 5.69 Å². The van der Waals surface area contributed by atoms with Crippen molar-refractivity contribution in [3.63, 3.8) is 0 Å². The van der Waals surface area contributed by atoms with Crippen molar-refractivity contribution in [3.8, 4) is 0 Å². The molecule has 0 aromatic heterocycles. The van der Waals surface area contributed by atoms with Gasteiger partial charge in [-0.05, 0) is 49.4 Å². The number of ether oxygens (including phenoxy) is 1. The minimum absolute atomic E-state index is 0.0254. The van der Waals surface area contributed by atoms with Gasteiger partial charge in [-0.1, -0.05) is 0 Å². The highest BCUT2D eigenvalue weighted by Crippen LogP contribution is 2.43. The summed E-state index contributed by atoms with van der Waals surface area (Å²) in [6, 6.07) is 5.99. The number of fused-ring (bicyclic) bond motifs is 1. The highest BCUT2D eigenvalue weighted by molar-refractivity contribution is 5.95. The Morgan fingerprint density at radius 2 is 1.86 bits per heavy atom. The molecule has 0 aliphatic carbocycles. The molecule has 7 nitrogen and oxygen atoms in total. The lowest BCUT2D eigenvalue weighted by Gasteiger charge is -2.45. The van der Waals surface area contributed by atoms with Crippen LogP contribution in [0.15, 0.2) is 18.2 Å². The molecule has 0 bridgehead atoms. The Morgan fingerprint density at radius 1 is 1.14 bits per heavy atom. The van der Waals surface area contributed by atoms with Crippen LogP contribution in [0.3, 0.4) is 0 Å². The van der Waals surface area contributed by atoms with E-state index in [0.717, 1.165) is 24.9 Å². The molecule has 2 saturated heterocycles. The molecule has 1 spiro atoms. The number of benzene rings is 1. The van der Waals surface area contributed by atoms with Gasteiger partial charge in [0.15, 0.2) is 0 Å². The maximum absolute atomic E-state index is 13.1. The van der Waals surface area contributed by atoms with Crippen molar-refractivity contribution in [1.82, 2.24) is 9.80 Å². The lowest BCUT2D eigenvalue weighted by molar-refractivity contribution is -0.149. The van der Waals surface area contributed by atoms with Gasteiger partial charge >= 0.3 is 5.97 Å². The van der Waals surface area contributed by atoms with E-state index < -0.39 is 11.5 Å². The second-order valence-electron chi connectivity index (χ2n) is 8.50. The molecule has 0 radical (unpaired) electrons. The topological polar surface area (TPSA) is 70.2 Å². The van der Waals surface area contributed by atoms with E-state index in [2.05, 4.69) is 11.9 Å². The molecule has 3 aliphatic rings. The van der Waals surface area contributed by atoms with Gasteiger partial charge in [0.1, 0.15) is 0 Å². The highest BCUT2D eigenvalue weighted by Gasteiger charge is 2.56. The number of aryl methyl sites for hydroxylation is 1. The van der Waals surface area contributed by atoms with Crippen molar-refractivity contribution < 1.29 is 19.1 Å². The average molecular weight is 399 g/mol.